The Bertz CT molecular complexity index is 1520. The first-order valence-electron chi connectivity index (χ1n) is 12.6. The molecule has 238 valence electrons. The Labute approximate surface area is 245 Å². The Morgan fingerprint density at radius 1 is 0.909 bits per heavy atom. The number of nitrogens with zero attached hydrogens (tertiary/aromatic N) is 7. The number of aromatic nitrogens is 5. The number of aryl methyl sites for hydroxylation is 1. The molecule has 0 unspecified atom stereocenters. The fourth-order valence-electron chi connectivity index (χ4n) is 4.03. The van der Waals surface area contributed by atoms with Gasteiger partial charge in [-0.3, -0.25) is 14.0 Å². The van der Waals surface area contributed by atoms with Gasteiger partial charge in [0.15, 0.2) is 11.5 Å². The van der Waals surface area contributed by atoms with Crippen LogP contribution in [-0.2, 0) is 23.2 Å². The molecule has 44 heavy (non-hydrogen) atoms. The number of benzene rings is 1. The van der Waals surface area contributed by atoms with Crippen molar-refractivity contribution in [2.45, 2.75) is 18.9 Å². The zero-order valence-corrected chi connectivity index (χ0v) is 23.2. The first-order chi connectivity index (χ1) is 20.6. The number of carboxylic acids is 2. The number of carboxylic acid groups (broad SMARTS) is 2. The summed E-state index contributed by atoms with van der Waals surface area (Å²) in [4.78, 5) is 32.0. The number of aliphatic carboxylic acids is 2. The Balaban J connectivity index is 0.000000317. The Morgan fingerprint density at radius 2 is 1.48 bits per heavy atom. The zero-order chi connectivity index (χ0) is 32.7. The van der Waals surface area contributed by atoms with Gasteiger partial charge in [-0.15, -0.1) is 0 Å². The molecule has 4 aromatic rings. The lowest BCUT2D eigenvalue weighted by Gasteiger charge is -2.35. The molecule has 1 fully saturated rings. The topological polar surface area (TPSA) is 138 Å². The number of imidazole rings is 1. The van der Waals surface area contributed by atoms with E-state index >= 15 is 0 Å². The number of carbonyl (C=O) groups is 2. The molecule has 2 N–H and O–H groups in total. The second-order valence-electron chi connectivity index (χ2n) is 9.21. The maximum absolute atomic E-state index is 10.6. The third kappa shape index (κ3) is 9.06. The highest BCUT2D eigenvalue weighted by Gasteiger charge is 2.38. The molecule has 1 aliphatic rings. The van der Waals surface area contributed by atoms with Gasteiger partial charge in [0.05, 0.1) is 25.2 Å². The van der Waals surface area contributed by atoms with Crippen molar-refractivity contribution in [3.63, 3.8) is 0 Å². The highest BCUT2D eigenvalue weighted by atomic mass is 19.4. The molecule has 1 saturated heterocycles. The van der Waals surface area contributed by atoms with Gasteiger partial charge in [-0.2, -0.15) is 31.4 Å². The molecule has 0 aliphatic carbocycles. The van der Waals surface area contributed by atoms with Crippen molar-refractivity contribution in [3.8, 4) is 17.0 Å². The van der Waals surface area contributed by atoms with Crippen LogP contribution in [-0.4, -0.2) is 96.8 Å². The molecule has 12 nitrogen and oxygen atoms in total. The van der Waals surface area contributed by atoms with Crippen LogP contribution < -0.4 is 9.64 Å². The number of rotatable bonds is 5. The summed E-state index contributed by atoms with van der Waals surface area (Å²) < 4.78 is 72.7. The minimum absolute atomic E-state index is 0.846. The normalized spacial score (nSPS) is 13.9. The molecule has 1 aliphatic heterocycles. The minimum Gasteiger partial charge on any atom is -0.497 e. The summed E-state index contributed by atoms with van der Waals surface area (Å²) >= 11 is 0. The molecule has 0 saturated carbocycles. The molecular weight excluding hydrogens is 604 g/mol. The summed E-state index contributed by atoms with van der Waals surface area (Å²) in [5.74, 6) is -3.72. The van der Waals surface area contributed by atoms with Crippen LogP contribution in [0.4, 0.5) is 32.2 Å². The summed E-state index contributed by atoms with van der Waals surface area (Å²) in [6, 6.07) is 8.05. The van der Waals surface area contributed by atoms with Gasteiger partial charge in [-0.05, 0) is 24.3 Å². The highest BCUT2D eigenvalue weighted by molar-refractivity contribution is 5.73. The first-order valence-corrected chi connectivity index (χ1v) is 12.6. The summed E-state index contributed by atoms with van der Waals surface area (Å²) in [5.41, 5.74) is 4.29. The standard InChI is InChI=1S/C22H25N7O.2C2HF3O2/c1-26-15-17(13-25-26)16-27-9-11-28(12-10-27)21-22-24-14-20(29(22)8-7-23-21)18-3-5-19(30-2)6-4-18;2*3-2(4,5)1(6)7/h3-8,13-15H,9-12,16H2,1-2H3;2*(H,6,7). The van der Waals surface area contributed by atoms with E-state index in [1.54, 1.807) is 7.11 Å². The van der Waals surface area contributed by atoms with Crippen molar-refractivity contribution in [3.05, 3.63) is 60.8 Å². The van der Waals surface area contributed by atoms with E-state index in [2.05, 4.69) is 42.6 Å². The van der Waals surface area contributed by atoms with Gasteiger partial charge < -0.3 is 19.8 Å². The second kappa shape index (κ2) is 14.1. The average molecular weight is 632 g/mol. The van der Waals surface area contributed by atoms with E-state index in [0.717, 1.165) is 61.2 Å². The summed E-state index contributed by atoms with van der Waals surface area (Å²) in [6.45, 7) is 4.77. The number of methoxy groups -OCH3 is 1. The van der Waals surface area contributed by atoms with E-state index in [0.29, 0.717) is 0 Å². The molecule has 0 radical (unpaired) electrons. The predicted octanol–water partition coefficient (Wildman–Crippen LogP) is 3.73. The van der Waals surface area contributed by atoms with E-state index in [9.17, 15) is 26.3 Å². The molecule has 4 heterocycles. The van der Waals surface area contributed by atoms with E-state index < -0.39 is 24.3 Å². The van der Waals surface area contributed by atoms with Crippen LogP contribution in [0.25, 0.3) is 16.9 Å². The van der Waals surface area contributed by atoms with E-state index in [1.807, 2.05) is 48.6 Å². The smallest absolute Gasteiger partial charge is 0.490 e. The van der Waals surface area contributed by atoms with Crippen molar-refractivity contribution in [1.82, 2.24) is 29.0 Å². The van der Waals surface area contributed by atoms with Crippen LogP contribution in [0.3, 0.4) is 0 Å². The van der Waals surface area contributed by atoms with Crippen molar-refractivity contribution in [2.24, 2.45) is 7.05 Å². The van der Waals surface area contributed by atoms with Crippen molar-refractivity contribution in [2.75, 3.05) is 38.2 Å². The van der Waals surface area contributed by atoms with Gasteiger partial charge in [0.25, 0.3) is 0 Å². The first kappa shape index (κ1) is 33.6. The largest absolute Gasteiger partial charge is 0.497 e. The molecule has 18 heteroatoms. The summed E-state index contributed by atoms with van der Waals surface area (Å²) in [6.07, 6.45) is -0.385. The molecule has 1 aromatic carbocycles. The fraction of sp³-hybridized carbons (Fsp3) is 0.346. The quantitative estimate of drug-likeness (QED) is 0.314. The lowest BCUT2D eigenvalue weighted by Crippen LogP contribution is -2.46. The van der Waals surface area contributed by atoms with Crippen LogP contribution in [0.1, 0.15) is 5.56 Å². The molecule has 0 amide bonds. The summed E-state index contributed by atoms with van der Waals surface area (Å²) in [7, 11) is 3.64. The molecular formula is C26H27F6N7O5. The average Bonchev–Trinajstić information content (AvgIpc) is 3.59. The molecule has 3 aromatic heterocycles. The number of fused-ring (bicyclic) bond motifs is 1. The van der Waals surface area contributed by atoms with Gasteiger partial charge >= 0.3 is 24.3 Å². The second-order valence-corrected chi connectivity index (χ2v) is 9.21. The monoisotopic (exact) mass is 631 g/mol. The zero-order valence-electron chi connectivity index (χ0n) is 23.2. The Kier molecular flexibility index (Phi) is 10.8. The number of hydrogen-bond acceptors (Lipinski definition) is 8. The lowest BCUT2D eigenvalue weighted by atomic mass is 10.1. The predicted molar refractivity (Wildman–Crippen MR) is 143 cm³/mol. The molecule has 0 spiro atoms. The lowest BCUT2D eigenvalue weighted by molar-refractivity contribution is -0.193. The van der Waals surface area contributed by atoms with Crippen LogP contribution in [0.15, 0.2) is 55.2 Å². The van der Waals surface area contributed by atoms with Crippen LogP contribution in [0, 0.1) is 0 Å². The molecule has 5 rings (SSSR count). The van der Waals surface area contributed by atoms with Crippen LogP contribution >= 0.6 is 0 Å². The van der Waals surface area contributed by atoms with Crippen molar-refractivity contribution in [1.29, 1.82) is 0 Å². The van der Waals surface area contributed by atoms with Crippen LogP contribution in [0.2, 0.25) is 0 Å². The van der Waals surface area contributed by atoms with E-state index in [1.165, 1.54) is 5.56 Å². The molecule has 0 bridgehead atoms. The van der Waals surface area contributed by atoms with Gasteiger partial charge in [0.1, 0.15) is 5.75 Å². The SMILES string of the molecule is COc1ccc(-c2cnc3c(N4CCN(Cc5cnn(C)c5)CC4)nccn23)cc1.O=C(O)C(F)(F)F.O=C(O)C(F)(F)F. The molecule has 0 atom stereocenters. The number of halogens is 6. The number of piperazine rings is 1. The third-order valence-corrected chi connectivity index (χ3v) is 6.12. The number of anilines is 1. The number of alkyl halides is 6. The maximum atomic E-state index is 10.6. The number of ether oxygens (including phenoxy) is 1. The van der Waals surface area contributed by atoms with Gasteiger partial charge in [0.2, 0.25) is 0 Å². The highest BCUT2D eigenvalue weighted by Crippen LogP contribution is 2.27. The van der Waals surface area contributed by atoms with Gasteiger partial charge in [-0.25, -0.2) is 19.6 Å². The van der Waals surface area contributed by atoms with Gasteiger partial charge in [-0.1, -0.05) is 0 Å². The summed E-state index contributed by atoms with van der Waals surface area (Å²) in [5, 5.41) is 18.5. The fourth-order valence-corrected chi connectivity index (χ4v) is 4.03. The Morgan fingerprint density at radius 3 is 1.95 bits per heavy atom. The third-order valence-electron chi connectivity index (χ3n) is 6.12. The van der Waals surface area contributed by atoms with E-state index in [-0.39, 0.29) is 0 Å². The van der Waals surface area contributed by atoms with E-state index in [4.69, 9.17) is 29.5 Å². The maximum Gasteiger partial charge on any atom is 0.490 e. The van der Waals surface area contributed by atoms with Crippen LogP contribution in [0.5, 0.6) is 5.75 Å². The van der Waals surface area contributed by atoms with Gasteiger partial charge in [0, 0.05) is 69.5 Å². The minimum atomic E-state index is -5.08. The number of hydrogen-bond donors (Lipinski definition) is 2. The van der Waals surface area contributed by atoms with Crippen molar-refractivity contribution >= 4 is 23.4 Å². The Hall–Kier alpha value is -4.87. The van der Waals surface area contributed by atoms with Crippen molar-refractivity contribution < 1.29 is 50.9 Å².